The van der Waals surface area contributed by atoms with Crippen LogP contribution in [-0.4, -0.2) is 42.2 Å². The van der Waals surface area contributed by atoms with Crippen LogP contribution in [0.5, 0.6) is 0 Å². The minimum Gasteiger partial charge on any atom is -0.478 e. The molecule has 4 heteroatoms. The molecule has 20 heavy (non-hydrogen) atoms. The molecule has 0 unspecified atom stereocenters. The lowest BCUT2D eigenvalue weighted by Crippen LogP contribution is -2.47. The smallest absolute Gasteiger partial charge is 0.337 e. The second-order valence-electron chi connectivity index (χ2n) is 6.03. The molecule has 0 amide bonds. The average Bonchev–Trinajstić information content (AvgIpc) is 2.86. The number of rotatable bonds is 5. The van der Waals surface area contributed by atoms with Gasteiger partial charge in [-0.15, -0.1) is 0 Å². The Labute approximate surface area is 120 Å². The maximum Gasteiger partial charge on any atom is 0.337 e. The van der Waals surface area contributed by atoms with Crippen LogP contribution in [0.1, 0.15) is 41.6 Å². The zero-order chi connectivity index (χ0) is 14.8. The Balaban J connectivity index is 2.17. The average molecular weight is 276 g/mol. The van der Waals surface area contributed by atoms with Crippen molar-refractivity contribution in [3.8, 4) is 0 Å². The van der Waals surface area contributed by atoms with E-state index in [1.54, 1.807) is 6.07 Å². The van der Waals surface area contributed by atoms with Gasteiger partial charge in [-0.25, -0.2) is 4.79 Å². The highest BCUT2D eigenvalue weighted by Gasteiger charge is 2.35. The van der Waals surface area contributed by atoms with Crippen molar-refractivity contribution in [2.24, 2.45) is 0 Å². The van der Waals surface area contributed by atoms with Crippen molar-refractivity contribution in [2.45, 2.75) is 38.1 Å². The molecule has 0 saturated heterocycles. The number of carboxylic acids is 1. The standard InChI is InChI=1S/C16H24N2O2/c1-12-6-7-13(15(19)20)14(10-12)17-11-16(18(2)3)8-4-5-9-16/h6-7,10,17H,4-5,8-9,11H2,1-3H3,(H,19,20). The summed E-state index contributed by atoms with van der Waals surface area (Å²) in [6.07, 6.45) is 4.83. The van der Waals surface area contributed by atoms with Gasteiger partial charge >= 0.3 is 5.97 Å². The lowest BCUT2D eigenvalue weighted by molar-refractivity contribution is 0.0697. The zero-order valence-corrected chi connectivity index (χ0v) is 12.6. The monoisotopic (exact) mass is 276 g/mol. The molecule has 2 rings (SSSR count). The minimum atomic E-state index is -0.877. The van der Waals surface area contributed by atoms with Gasteiger partial charge in [0.05, 0.1) is 5.56 Å². The van der Waals surface area contributed by atoms with Crippen molar-refractivity contribution in [2.75, 3.05) is 26.0 Å². The number of benzene rings is 1. The highest BCUT2D eigenvalue weighted by molar-refractivity contribution is 5.94. The van der Waals surface area contributed by atoms with Gasteiger partial charge < -0.3 is 15.3 Å². The van der Waals surface area contributed by atoms with E-state index in [0.717, 1.165) is 17.8 Å². The topological polar surface area (TPSA) is 52.6 Å². The number of hydrogen-bond acceptors (Lipinski definition) is 3. The molecule has 0 bridgehead atoms. The fourth-order valence-electron chi connectivity index (χ4n) is 3.07. The van der Waals surface area contributed by atoms with Crippen molar-refractivity contribution >= 4 is 11.7 Å². The summed E-state index contributed by atoms with van der Waals surface area (Å²) in [6.45, 7) is 2.78. The third-order valence-corrected chi connectivity index (χ3v) is 4.50. The van der Waals surface area contributed by atoms with Crippen molar-refractivity contribution in [3.05, 3.63) is 29.3 Å². The van der Waals surface area contributed by atoms with Crippen LogP contribution >= 0.6 is 0 Å². The van der Waals surface area contributed by atoms with E-state index in [4.69, 9.17) is 0 Å². The number of aryl methyl sites for hydroxylation is 1. The number of nitrogens with one attached hydrogen (secondary N) is 1. The lowest BCUT2D eigenvalue weighted by atomic mass is 9.95. The molecule has 1 aliphatic carbocycles. The van der Waals surface area contributed by atoms with Gasteiger partial charge in [-0.2, -0.15) is 0 Å². The van der Waals surface area contributed by atoms with E-state index in [-0.39, 0.29) is 5.54 Å². The van der Waals surface area contributed by atoms with Gasteiger partial charge in [0, 0.05) is 17.8 Å². The van der Waals surface area contributed by atoms with E-state index in [1.165, 1.54) is 25.7 Å². The van der Waals surface area contributed by atoms with E-state index in [9.17, 15) is 9.90 Å². The summed E-state index contributed by atoms with van der Waals surface area (Å²) >= 11 is 0. The van der Waals surface area contributed by atoms with Gasteiger partial charge in [0.1, 0.15) is 0 Å². The fourth-order valence-corrected chi connectivity index (χ4v) is 3.07. The quantitative estimate of drug-likeness (QED) is 0.868. The first-order valence-corrected chi connectivity index (χ1v) is 7.20. The van der Waals surface area contributed by atoms with Crippen molar-refractivity contribution in [1.82, 2.24) is 4.90 Å². The summed E-state index contributed by atoms with van der Waals surface area (Å²) in [5, 5.41) is 12.6. The van der Waals surface area contributed by atoms with E-state index >= 15 is 0 Å². The summed E-state index contributed by atoms with van der Waals surface area (Å²) in [4.78, 5) is 13.6. The third-order valence-electron chi connectivity index (χ3n) is 4.50. The second-order valence-corrected chi connectivity index (χ2v) is 6.03. The summed E-state index contributed by atoms with van der Waals surface area (Å²) in [5.74, 6) is -0.877. The molecular weight excluding hydrogens is 252 g/mol. The summed E-state index contributed by atoms with van der Waals surface area (Å²) in [5.41, 5.74) is 2.30. The number of carbonyl (C=O) groups is 1. The van der Waals surface area contributed by atoms with Crippen LogP contribution in [0.25, 0.3) is 0 Å². The molecule has 0 radical (unpaired) electrons. The first-order chi connectivity index (χ1) is 9.44. The lowest BCUT2D eigenvalue weighted by Gasteiger charge is -2.37. The van der Waals surface area contributed by atoms with Crippen LogP contribution in [0.2, 0.25) is 0 Å². The summed E-state index contributed by atoms with van der Waals surface area (Å²) < 4.78 is 0. The van der Waals surface area contributed by atoms with Gasteiger partial charge in [-0.1, -0.05) is 18.9 Å². The molecule has 4 nitrogen and oxygen atoms in total. The van der Waals surface area contributed by atoms with Gasteiger partial charge in [0.2, 0.25) is 0 Å². The van der Waals surface area contributed by atoms with E-state index in [0.29, 0.717) is 5.56 Å². The minimum absolute atomic E-state index is 0.152. The van der Waals surface area contributed by atoms with E-state index < -0.39 is 5.97 Å². The fraction of sp³-hybridized carbons (Fsp3) is 0.562. The van der Waals surface area contributed by atoms with E-state index in [1.807, 2.05) is 19.1 Å². The highest BCUT2D eigenvalue weighted by Crippen LogP contribution is 2.34. The van der Waals surface area contributed by atoms with Gasteiger partial charge in [0.15, 0.2) is 0 Å². The number of likely N-dealkylation sites (N-methyl/N-ethyl adjacent to an activating group) is 1. The Kier molecular flexibility index (Phi) is 4.33. The molecule has 0 aromatic heterocycles. The van der Waals surface area contributed by atoms with Crippen LogP contribution in [0.4, 0.5) is 5.69 Å². The van der Waals surface area contributed by atoms with E-state index in [2.05, 4.69) is 24.3 Å². The Morgan fingerprint density at radius 2 is 2.00 bits per heavy atom. The van der Waals surface area contributed by atoms with Crippen LogP contribution in [0, 0.1) is 6.92 Å². The van der Waals surface area contributed by atoms with Gasteiger partial charge in [-0.3, -0.25) is 0 Å². The molecule has 2 N–H and O–H groups in total. The predicted molar refractivity (Wildman–Crippen MR) is 81.5 cm³/mol. The first kappa shape index (κ1) is 14.9. The zero-order valence-electron chi connectivity index (χ0n) is 12.6. The Morgan fingerprint density at radius 3 is 2.55 bits per heavy atom. The number of carboxylic acid groups (broad SMARTS) is 1. The Hall–Kier alpha value is -1.55. The molecule has 110 valence electrons. The Bertz CT molecular complexity index is 491. The molecule has 1 fully saturated rings. The summed E-state index contributed by atoms with van der Waals surface area (Å²) in [7, 11) is 4.22. The van der Waals surface area contributed by atoms with Gasteiger partial charge in [-0.05, 0) is 51.6 Å². The second kappa shape index (κ2) is 5.83. The van der Waals surface area contributed by atoms with Crippen LogP contribution < -0.4 is 5.32 Å². The first-order valence-electron chi connectivity index (χ1n) is 7.20. The molecular formula is C16H24N2O2. The molecule has 1 aromatic rings. The third kappa shape index (κ3) is 2.96. The Morgan fingerprint density at radius 1 is 1.35 bits per heavy atom. The van der Waals surface area contributed by atoms with Crippen molar-refractivity contribution < 1.29 is 9.90 Å². The number of hydrogen-bond donors (Lipinski definition) is 2. The number of anilines is 1. The van der Waals surface area contributed by atoms with Crippen LogP contribution in [0.3, 0.4) is 0 Å². The highest BCUT2D eigenvalue weighted by atomic mass is 16.4. The normalized spacial score (nSPS) is 17.4. The maximum atomic E-state index is 11.3. The predicted octanol–water partition coefficient (Wildman–Crippen LogP) is 2.98. The number of aromatic carboxylic acids is 1. The van der Waals surface area contributed by atoms with Crippen LogP contribution in [-0.2, 0) is 0 Å². The van der Waals surface area contributed by atoms with Crippen molar-refractivity contribution in [1.29, 1.82) is 0 Å². The molecule has 0 aliphatic heterocycles. The largest absolute Gasteiger partial charge is 0.478 e. The molecule has 0 heterocycles. The molecule has 0 spiro atoms. The van der Waals surface area contributed by atoms with Crippen molar-refractivity contribution in [3.63, 3.8) is 0 Å². The molecule has 1 aromatic carbocycles. The maximum absolute atomic E-state index is 11.3. The summed E-state index contributed by atoms with van der Waals surface area (Å²) in [6, 6.07) is 5.44. The number of nitrogens with zero attached hydrogens (tertiary/aromatic N) is 1. The molecule has 0 atom stereocenters. The molecule has 1 aliphatic rings. The molecule has 1 saturated carbocycles. The van der Waals surface area contributed by atoms with Gasteiger partial charge in [0.25, 0.3) is 0 Å². The van der Waals surface area contributed by atoms with Crippen LogP contribution in [0.15, 0.2) is 18.2 Å². The SMILES string of the molecule is Cc1ccc(C(=O)O)c(NCC2(N(C)C)CCCC2)c1.